The molecule has 3 aromatic heterocycles. The number of aromatic nitrogens is 5. The van der Waals surface area contributed by atoms with E-state index >= 15 is 0 Å². The van der Waals surface area contributed by atoms with Crippen molar-refractivity contribution in [1.82, 2.24) is 24.9 Å². The topological polar surface area (TPSA) is 76.9 Å². The van der Waals surface area contributed by atoms with E-state index in [-0.39, 0.29) is 5.92 Å². The second kappa shape index (κ2) is 7.43. The van der Waals surface area contributed by atoms with E-state index in [0.717, 1.165) is 43.3 Å². The number of aryl methyl sites for hydroxylation is 1. The fourth-order valence-corrected chi connectivity index (χ4v) is 3.21. The van der Waals surface area contributed by atoms with Crippen LogP contribution >= 0.6 is 0 Å². The summed E-state index contributed by atoms with van der Waals surface area (Å²) in [7, 11) is 0. The highest BCUT2D eigenvalue weighted by molar-refractivity contribution is 5.36. The zero-order chi connectivity index (χ0) is 17.8. The van der Waals surface area contributed by atoms with Gasteiger partial charge in [0.1, 0.15) is 5.69 Å². The van der Waals surface area contributed by atoms with Gasteiger partial charge in [-0.05, 0) is 38.0 Å². The lowest BCUT2D eigenvalue weighted by atomic mass is 9.95. The number of piperidine rings is 1. The average molecular weight is 348 g/mol. The number of hydrogen-bond donors (Lipinski definition) is 0. The van der Waals surface area contributed by atoms with Crippen LogP contribution in [0.15, 0.2) is 49.2 Å². The lowest BCUT2D eigenvalue weighted by Crippen LogP contribution is -2.36. The van der Waals surface area contributed by atoms with Gasteiger partial charge in [-0.25, -0.2) is 15.0 Å². The van der Waals surface area contributed by atoms with Gasteiger partial charge >= 0.3 is 0 Å². The van der Waals surface area contributed by atoms with Gasteiger partial charge < -0.3 is 9.64 Å². The van der Waals surface area contributed by atoms with Crippen LogP contribution in [0.4, 0.5) is 5.95 Å². The maximum absolute atomic E-state index is 6.05. The second-order valence-corrected chi connectivity index (χ2v) is 6.27. The molecule has 132 valence electrons. The predicted octanol–water partition coefficient (Wildman–Crippen LogP) is 3.15. The summed E-state index contributed by atoms with van der Waals surface area (Å²) < 4.78 is 6.05. The number of rotatable bonds is 4. The minimum absolute atomic E-state index is 0.216. The van der Waals surface area contributed by atoms with Crippen molar-refractivity contribution < 1.29 is 4.74 Å². The number of nitrogens with zero attached hydrogens (tertiary/aromatic N) is 6. The van der Waals surface area contributed by atoms with Crippen molar-refractivity contribution in [1.29, 1.82) is 0 Å². The van der Waals surface area contributed by atoms with E-state index in [0.29, 0.717) is 11.6 Å². The van der Waals surface area contributed by atoms with E-state index in [1.54, 1.807) is 31.0 Å². The summed E-state index contributed by atoms with van der Waals surface area (Å²) in [6.07, 6.45) is 10.7. The Morgan fingerprint density at radius 3 is 2.62 bits per heavy atom. The maximum Gasteiger partial charge on any atom is 0.241 e. The number of anilines is 1. The summed E-state index contributed by atoms with van der Waals surface area (Å²) in [5.74, 6) is 2.22. The normalized spacial score (nSPS) is 17.1. The molecule has 7 nitrogen and oxygen atoms in total. The highest BCUT2D eigenvalue weighted by Gasteiger charge is 2.27. The lowest BCUT2D eigenvalue weighted by Gasteiger charge is -2.32. The van der Waals surface area contributed by atoms with Crippen molar-refractivity contribution >= 4 is 5.95 Å². The number of ether oxygens (including phenoxy) is 1. The van der Waals surface area contributed by atoms with Gasteiger partial charge in [0, 0.05) is 50.0 Å². The summed E-state index contributed by atoms with van der Waals surface area (Å²) in [4.78, 5) is 24.2. The first kappa shape index (κ1) is 16.4. The highest BCUT2D eigenvalue weighted by atomic mass is 16.5. The van der Waals surface area contributed by atoms with Gasteiger partial charge in [-0.3, -0.25) is 9.97 Å². The SMILES string of the molecule is Cc1ncccc1Oc1nccnc1C1CCCN(c2ncccn2)C1. The predicted molar refractivity (Wildman–Crippen MR) is 97.3 cm³/mol. The Morgan fingerprint density at radius 1 is 0.962 bits per heavy atom. The van der Waals surface area contributed by atoms with Crippen molar-refractivity contribution in [2.24, 2.45) is 0 Å². The Bertz CT molecular complexity index is 873. The molecule has 1 aliphatic rings. The van der Waals surface area contributed by atoms with E-state index in [1.165, 1.54) is 0 Å². The molecule has 0 aliphatic carbocycles. The first-order valence-electron chi connectivity index (χ1n) is 8.73. The zero-order valence-electron chi connectivity index (χ0n) is 14.6. The van der Waals surface area contributed by atoms with Crippen LogP contribution in [0.1, 0.15) is 30.1 Å². The van der Waals surface area contributed by atoms with Crippen LogP contribution < -0.4 is 9.64 Å². The van der Waals surface area contributed by atoms with Crippen LogP contribution in [0.5, 0.6) is 11.6 Å². The fraction of sp³-hybridized carbons (Fsp3) is 0.316. The molecule has 1 unspecified atom stereocenters. The molecule has 3 aromatic rings. The van der Waals surface area contributed by atoms with E-state index in [4.69, 9.17) is 4.74 Å². The molecular formula is C19H20N6O. The summed E-state index contributed by atoms with van der Waals surface area (Å²) in [6, 6.07) is 5.58. The largest absolute Gasteiger partial charge is 0.435 e. The molecule has 0 amide bonds. The first-order valence-corrected chi connectivity index (χ1v) is 8.73. The summed E-state index contributed by atoms with van der Waals surface area (Å²) in [5.41, 5.74) is 1.70. The van der Waals surface area contributed by atoms with Crippen LogP contribution in [-0.2, 0) is 0 Å². The Hall–Kier alpha value is -3.09. The van der Waals surface area contributed by atoms with E-state index in [9.17, 15) is 0 Å². The molecule has 0 N–H and O–H groups in total. The molecule has 0 spiro atoms. The minimum atomic E-state index is 0.216. The van der Waals surface area contributed by atoms with Gasteiger partial charge in [-0.1, -0.05) is 0 Å². The zero-order valence-corrected chi connectivity index (χ0v) is 14.6. The van der Waals surface area contributed by atoms with Crippen molar-refractivity contribution in [2.75, 3.05) is 18.0 Å². The third-order valence-corrected chi connectivity index (χ3v) is 4.50. The Kier molecular flexibility index (Phi) is 4.68. The van der Waals surface area contributed by atoms with Crippen LogP contribution in [0, 0.1) is 6.92 Å². The summed E-state index contributed by atoms with van der Waals surface area (Å²) >= 11 is 0. The monoisotopic (exact) mass is 348 g/mol. The van der Waals surface area contributed by atoms with Crippen LogP contribution in [0.2, 0.25) is 0 Å². The van der Waals surface area contributed by atoms with Gasteiger partial charge in [0.2, 0.25) is 11.8 Å². The Balaban J connectivity index is 1.59. The molecule has 1 fully saturated rings. The van der Waals surface area contributed by atoms with Crippen LogP contribution in [-0.4, -0.2) is 38.0 Å². The standard InChI is InChI=1S/C19H20N6O/c1-14-16(6-2-7-20-14)26-18-17(21-10-11-22-18)15-5-3-12-25(13-15)19-23-8-4-9-24-19/h2,4,6-11,15H,3,5,12-13H2,1H3. The smallest absolute Gasteiger partial charge is 0.241 e. The Morgan fingerprint density at radius 2 is 1.77 bits per heavy atom. The molecule has 0 aromatic carbocycles. The third kappa shape index (κ3) is 3.46. The summed E-state index contributed by atoms with van der Waals surface area (Å²) in [5, 5.41) is 0. The van der Waals surface area contributed by atoms with Gasteiger partial charge in [0.25, 0.3) is 0 Å². The lowest BCUT2D eigenvalue weighted by molar-refractivity contribution is 0.422. The number of hydrogen-bond acceptors (Lipinski definition) is 7. The van der Waals surface area contributed by atoms with Gasteiger partial charge in [-0.15, -0.1) is 0 Å². The van der Waals surface area contributed by atoms with E-state index in [2.05, 4.69) is 29.8 Å². The van der Waals surface area contributed by atoms with E-state index < -0.39 is 0 Å². The second-order valence-electron chi connectivity index (χ2n) is 6.27. The molecule has 1 aliphatic heterocycles. The van der Waals surface area contributed by atoms with Crippen molar-refractivity contribution in [3.8, 4) is 11.6 Å². The maximum atomic E-state index is 6.05. The molecule has 4 heterocycles. The molecule has 0 bridgehead atoms. The number of pyridine rings is 1. The van der Waals surface area contributed by atoms with Crippen molar-refractivity contribution in [3.63, 3.8) is 0 Å². The van der Waals surface area contributed by atoms with Gasteiger partial charge in [-0.2, -0.15) is 0 Å². The fourth-order valence-electron chi connectivity index (χ4n) is 3.21. The van der Waals surface area contributed by atoms with E-state index in [1.807, 2.05) is 25.1 Å². The van der Waals surface area contributed by atoms with Gasteiger partial charge in [0.15, 0.2) is 5.75 Å². The Labute approximate surface area is 152 Å². The molecule has 26 heavy (non-hydrogen) atoms. The van der Waals surface area contributed by atoms with Crippen LogP contribution in [0.3, 0.4) is 0 Å². The molecule has 7 heteroatoms. The molecule has 0 radical (unpaired) electrons. The average Bonchev–Trinajstić information content (AvgIpc) is 2.71. The first-order chi connectivity index (χ1) is 12.8. The third-order valence-electron chi connectivity index (χ3n) is 4.50. The van der Waals surface area contributed by atoms with Crippen molar-refractivity contribution in [3.05, 3.63) is 60.6 Å². The molecule has 1 atom stereocenters. The highest BCUT2D eigenvalue weighted by Crippen LogP contribution is 2.33. The molecule has 4 rings (SSSR count). The molecular weight excluding hydrogens is 328 g/mol. The summed E-state index contributed by atoms with van der Waals surface area (Å²) in [6.45, 7) is 3.66. The van der Waals surface area contributed by atoms with Crippen LogP contribution in [0.25, 0.3) is 0 Å². The van der Waals surface area contributed by atoms with Gasteiger partial charge in [0.05, 0.1) is 5.69 Å². The van der Waals surface area contributed by atoms with Crippen molar-refractivity contribution in [2.45, 2.75) is 25.7 Å². The molecule has 1 saturated heterocycles. The quantitative estimate of drug-likeness (QED) is 0.717. The minimum Gasteiger partial charge on any atom is -0.435 e. The molecule has 0 saturated carbocycles.